The maximum atomic E-state index is 11.1. The Labute approximate surface area is 118 Å². The fourth-order valence-electron chi connectivity index (χ4n) is 2.51. The summed E-state index contributed by atoms with van der Waals surface area (Å²) in [6, 6.07) is 5.67. The quantitative estimate of drug-likeness (QED) is 0.739. The topological polar surface area (TPSA) is 81.1 Å². The first-order chi connectivity index (χ1) is 9.10. The molecule has 2 rings (SSSR count). The van der Waals surface area contributed by atoms with Crippen molar-refractivity contribution in [1.82, 2.24) is 0 Å². The number of hydrogen-bond acceptors (Lipinski definition) is 4. The molecular weight excluding hydrogens is 258 g/mol. The number of anilines is 2. The highest BCUT2D eigenvalue weighted by molar-refractivity contribution is 7.99. The van der Waals surface area contributed by atoms with Gasteiger partial charge in [0.05, 0.1) is 11.4 Å². The van der Waals surface area contributed by atoms with Crippen LogP contribution in [0.4, 0.5) is 11.4 Å². The van der Waals surface area contributed by atoms with E-state index in [0.717, 1.165) is 10.9 Å². The lowest BCUT2D eigenvalue weighted by atomic mass is 9.94. The molecule has 1 saturated carbocycles. The minimum Gasteiger partial charge on any atom is -0.397 e. The summed E-state index contributed by atoms with van der Waals surface area (Å²) in [6.07, 6.45) is 7.01. The maximum Gasteiger partial charge on any atom is 0.248 e. The molecule has 104 valence electrons. The molecule has 1 aromatic rings. The third kappa shape index (κ3) is 3.56. The number of benzene rings is 1. The zero-order valence-corrected chi connectivity index (χ0v) is 12.0. The van der Waals surface area contributed by atoms with Gasteiger partial charge in [0.2, 0.25) is 5.91 Å². The van der Waals surface area contributed by atoms with Crippen molar-refractivity contribution >= 4 is 29.0 Å². The molecule has 19 heavy (non-hydrogen) atoms. The minimum atomic E-state index is -0.446. The summed E-state index contributed by atoms with van der Waals surface area (Å²) < 4.78 is 0. The van der Waals surface area contributed by atoms with Gasteiger partial charge in [0, 0.05) is 16.9 Å². The molecule has 0 radical (unpaired) electrons. The van der Waals surface area contributed by atoms with E-state index >= 15 is 0 Å². The van der Waals surface area contributed by atoms with Crippen molar-refractivity contribution in [3.05, 3.63) is 23.8 Å². The van der Waals surface area contributed by atoms with Gasteiger partial charge in [-0.15, -0.1) is 0 Å². The van der Waals surface area contributed by atoms with Crippen LogP contribution in [0.15, 0.2) is 18.2 Å². The SMILES string of the molecule is CSC1CCC(Nc2ccc(C(N)=O)cc2N)CC1. The van der Waals surface area contributed by atoms with E-state index in [2.05, 4.69) is 11.6 Å². The normalized spacial score (nSPS) is 23.0. The van der Waals surface area contributed by atoms with Gasteiger partial charge in [0.25, 0.3) is 0 Å². The Kier molecular flexibility index (Phi) is 4.58. The Morgan fingerprint density at radius 2 is 2.00 bits per heavy atom. The van der Waals surface area contributed by atoms with Gasteiger partial charge < -0.3 is 16.8 Å². The molecule has 0 aliphatic heterocycles. The zero-order valence-electron chi connectivity index (χ0n) is 11.2. The molecule has 0 saturated heterocycles. The Morgan fingerprint density at radius 1 is 1.32 bits per heavy atom. The maximum absolute atomic E-state index is 11.1. The largest absolute Gasteiger partial charge is 0.397 e. The summed E-state index contributed by atoms with van der Waals surface area (Å²) in [4.78, 5) is 11.1. The summed E-state index contributed by atoms with van der Waals surface area (Å²) >= 11 is 1.96. The number of rotatable bonds is 4. The molecule has 1 fully saturated rings. The lowest BCUT2D eigenvalue weighted by Gasteiger charge is -2.29. The number of nitrogens with one attached hydrogen (secondary N) is 1. The average Bonchev–Trinajstić information content (AvgIpc) is 2.41. The fraction of sp³-hybridized carbons (Fsp3) is 0.500. The number of carbonyl (C=O) groups is 1. The van der Waals surface area contributed by atoms with Gasteiger partial charge in [-0.3, -0.25) is 4.79 Å². The van der Waals surface area contributed by atoms with E-state index in [1.165, 1.54) is 25.7 Å². The molecule has 1 amide bonds. The number of thioether (sulfide) groups is 1. The van der Waals surface area contributed by atoms with Crippen molar-refractivity contribution in [2.75, 3.05) is 17.3 Å². The minimum absolute atomic E-state index is 0.446. The van der Waals surface area contributed by atoms with Crippen molar-refractivity contribution in [3.8, 4) is 0 Å². The first-order valence-corrected chi connectivity index (χ1v) is 7.87. The van der Waals surface area contributed by atoms with Crippen LogP contribution in [0.1, 0.15) is 36.0 Å². The van der Waals surface area contributed by atoms with E-state index in [1.807, 2.05) is 17.8 Å². The van der Waals surface area contributed by atoms with Crippen LogP contribution in [0.2, 0.25) is 0 Å². The lowest BCUT2D eigenvalue weighted by molar-refractivity contribution is 0.100. The Balaban J connectivity index is 1.98. The summed E-state index contributed by atoms with van der Waals surface area (Å²) in [5.74, 6) is -0.446. The number of amides is 1. The molecule has 0 unspecified atom stereocenters. The molecule has 5 N–H and O–H groups in total. The van der Waals surface area contributed by atoms with Crippen LogP contribution in [0.5, 0.6) is 0 Å². The molecular formula is C14H21N3OS. The molecule has 0 aromatic heterocycles. The van der Waals surface area contributed by atoms with Crippen LogP contribution in [0.3, 0.4) is 0 Å². The highest BCUT2D eigenvalue weighted by atomic mass is 32.2. The molecule has 1 aliphatic rings. The van der Waals surface area contributed by atoms with Gasteiger partial charge in [0.15, 0.2) is 0 Å². The molecule has 0 heterocycles. The standard InChI is InChI=1S/C14H21N3OS/c1-19-11-5-3-10(4-6-11)17-13-7-2-9(14(16)18)8-12(13)15/h2,7-8,10-11,17H,3-6,15H2,1H3,(H2,16,18). The van der Waals surface area contributed by atoms with Gasteiger partial charge in [-0.05, 0) is 50.1 Å². The number of primary amides is 1. The van der Waals surface area contributed by atoms with Crippen LogP contribution in [0, 0.1) is 0 Å². The van der Waals surface area contributed by atoms with Gasteiger partial charge in [0.1, 0.15) is 0 Å². The van der Waals surface area contributed by atoms with Gasteiger partial charge in [-0.2, -0.15) is 11.8 Å². The van der Waals surface area contributed by atoms with E-state index < -0.39 is 5.91 Å². The predicted molar refractivity (Wildman–Crippen MR) is 82.6 cm³/mol. The monoisotopic (exact) mass is 279 g/mol. The second-order valence-corrected chi connectivity index (χ2v) is 6.16. The van der Waals surface area contributed by atoms with Crippen LogP contribution >= 0.6 is 11.8 Å². The number of nitrogen functional groups attached to an aromatic ring is 1. The van der Waals surface area contributed by atoms with E-state index in [-0.39, 0.29) is 0 Å². The molecule has 0 atom stereocenters. The zero-order chi connectivity index (χ0) is 13.8. The third-order valence-corrected chi connectivity index (χ3v) is 4.84. The van der Waals surface area contributed by atoms with Crippen molar-refractivity contribution < 1.29 is 4.79 Å². The Bertz CT molecular complexity index is 456. The molecule has 5 heteroatoms. The van der Waals surface area contributed by atoms with Gasteiger partial charge in [-0.1, -0.05) is 0 Å². The third-order valence-electron chi connectivity index (χ3n) is 3.70. The van der Waals surface area contributed by atoms with Crippen LogP contribution < -0.4 is 16.8 Å². The fourth-order valence-corrected chi connectivity index (χ4v) is 3.25. The summed E-state index contributed by atoms with van der Waals surface area (Å²) in [5.41, 5.74) is 13.1. The van der Waals surface area contributed by atoms with Crippen molar-refractivity contribution in [3.63, 3.8) is 0 Å². The second-order valence-electron chi connectivity index (χ2n) is 5.02. The number of carbonyl (C=O) groups excluding carboxylic acids is 1. The summed E-state index contributed by atoms with van der Waals surface area (Å²) in [5, 5.41) is 4.27. The number of hydrogen-bond donors (Lipinski definition) is 3. The second kappa shape index (κ2) is 6.19. The Morgan fingerprint density at radius 3 is 2.53 bits per heavy atom. The number of nitrogens with two attached hydrogens (primary N) is 2. The van der Waals surface area contributed by atoms with E-state index in [9.17, 15) is 4.79 Å². The van der Waals surface area contributed by atoms with Crippen LogP contribution in [-0.4, -0.2) is 23.5 Å². The Hall–Kier alpha value is -1.36. The lowest BCUT2D eigenvalue weighted by Crippen LogP contribution is -2.27. The molecule has 4 nitrogen and oxygen atoms in total. The van der Waals surface area contributed by atoms with Crippen LogP contribution in [0.25, 0.3) is 0 Å². The van der Waals surface area contributed by atoms with Gasteiger partial charge in [-0.25, -0.2) is 0 Å². The van der Waals surface area contributed by atoms with Crippen molar-refractivity contribution in [2.24, 2.45) is 5.73 Å². The molecule has 1 aromatic carbocycles. The van der Waals surface area contributed by atoms with Gasteiger partial charge >= 0.3 is 0 Å². The van der Waals surface area contributed by atoms with E-state index in [4.69, 9.17) is 11.5 Å². The highest BCUT2D eigenvalue weighted by Crippen LogP contribution is 2.30. The summed E-state index contributed by atoms with van der Waals surface area (Å²) in [6.45, 7) is 0. The molecule has 0 spiro atoms. The summed E-state index contributed by atoms with van der Waals surface area (Å²) in [7, 11) is 0. The van der Waals surface area contributed by atoms with Crippen LogP contribution in [-0.2, 0) is 0 Å². The van der Waals surface area contributed by atoms with E-state index in [1.54, 1.807) is 12.1 Å². The average molecular weight is 279 g/mol. The molecule has 0 bridgehead atoms. The molecule has 1 aliphatic carbocycles. The predicted octanol–water partition coefficient (Wildman–Crippen LogP) is 2.45. The van der Waals surface area contributed by atoms with Crippen molar-refractivity contribution in [1.29, 1.82) is 0 Å². The smallest absolute Gasteiger partial charge is 0.248 e. The van der Waals surface area contributed by atoms with E-state index in [0.29, 0.717) is 17.3 Å². The first kappa shape index (κ1) is 14.1. The highest BCUT2D eigenvalue weighted by Gasteiger charge is 2.20. The van der Waals surface area contributed by atoms with Crippen molar-refractivity contribution in [2.45, 2.75) is 37.0 Å². The first-order valence-electron chi connectivity index (χ1n) is 6.59.